The molecule has 0 aromatic heterocycles. The van der Waals surface area contributed by atoms with Crippen molar-refractivity contribution in [3.05, 3.63) is 29.3 Å². The molecule has 1 amide bonds. The van der Waals surface area contributed by atoms with Crippen LogP contribution in [0.3, 0.4) is 0 Å². The van der Waals surface area contributed by atoms with Crippen LogP contribution < -0.4 is 11.1 Å². The number of nitrogens with one attached hydrogen (secondary N) is 1. The SMILES string of the molecule is CCOC(=O)C(C)NC(=O)c1ccc(N)c(C)c1. The first-order valence-electron chi connectivity index (χ1n) is 5.79. The lowest BCUT2D eigenvalue weighted by Gasteiger charge is -2.13. The quantitative estimate of drug-likeness (QED) is 0.622. The standard InChI is InChI=1S/C13H18N2O3/c1-4-18-13(17)9(3)15-12(16)10-5-6-11(14)8(2)7-10/h5-7,9H,4,14H2,1-3H3,(H,15,16). The minimum Gasteiger partial charge on any atom is -0.464 e. The molecule has 0 heterocycles. The number of ether oxygens (including phenoxy) is 1. The molecule has 0 fully saturated rings. The maximum absolute atomic E-state index is 11.9. The van der Waals surface area contributed by atoms with Crippen molar-refractivity contribution in [2.75, 3.05) is 12.3 Å². The van der Waals surface area contributed by atoms with Crippen molar-refractivity contribution < 1.29 is 14.3 Å². The maximum atomic E-state index is 11.9. The number of rotatable bonds is 4. The summed E-state index contributed by atoms with van der Waals surface area (Å²) in [6, 6.07) is 4.30. The van der Waals surface area contributed by atoms with Gasteiger partial charge in [-0.1, -0.05) is 0 Å². The molecule has 1 aromatic carbocycles. The fourth-order valence-electron chi connectivity index (χ4n) is 1.42. The molecular weight excluding hydrogens is 232 g/mol. The van der Waals surface area contributed by atoms with E-state index in [0.717, 1.165) is 5.56 Å². The first kappa shape index (κ1) is 14.0. The van der Waals surface area contributed by atoms with Gasteiger partial charge in [-0.2, -0.15) is 0 Å². The number of anilines is 1. The monoisotopic (exact) mass is 250 g/mol. The van der Waals surface area contributed by atoms with E-state index in [1.165, 1.54) is 0 Å². The number of aryl methyl sites for hydroxylation is 1. The van der Waals surface area contributed by atoms with Gasteiger partial charge in [-0.15, -0.1) is 0 Å². The highest BCUT2D eigenvalue weighted by molar-refractivity contribution is 5.97. The minimum absolute atomic E-state index is 0.292. The van der Waals surface area contributed by atoms with Crippen LogP contribution >= 0.6 is 0 Å². The number of hydrogen-bond donors (Lipinski definition) is 2. The Hall–Kier alpha value is -2.04. The average molecular weight is 250 g/mol. The van der Waals surface area contributed by atoms with Crippen LogP contribution in [0.2, 0.25) is 0 Å². The molecule has 3 N–H and O–H groups in total. The van der Waals surface area contributed by atoms with Gasteiger partial charge in [0.1, 0.15) is 6.04 Å². The number of hydrogen-bond acceptors (Lipinski definition) is 4. The van der Waals surface area contributed by atoms with Gasteiger partial charge in [0.2, 0.25) is 0 Å². The Morgan fingerprint density at radius 3 is 2.67 bits per heavy atom. The summed E-state index contributed by atoms with van der Waals surface area (Å²) in [6.45, 7) is 5.41. The summed E-state index contributed by atoms with van der Waals surface area (Å²) < 4.78 is 4.81. The van der Waals surface area contributed by atoms with E-state index >= 15 is 0 Å². The summed E-state index contributed by atoms with van der Waals surface area (Å²) in [5.74, 6) is -0.767. The van der Waals surface area contributed by atoms with Crippen LogP contribution in [0.1, 0.15) is 29.8 Å². The van der Waals surface area contributed by atoms with Gasteiger partial charge < -0.3 is 15.8 Å². The number of carbonyl (C=O) groups excluding carboxylic acids is 2. The molecule has 1 unspecified atom stereocenters. The highest BCUT2D eigenvalue weighted by Gasteiger charge is 2.17. The molecule has 5 nitrogen and oxygen atoms in total. The summed E-state index contributed by atoms with van der Waals surface area (Å²) in [5, 5.41) is 2.57. The highest BCUT2D eigenvalue weighted by Crippen LogP contribution is 2.12. The molecule has 98 valence electrons. The average Bonchev–Trinajstić information content (AvgIpc) is 2.32. The normalized spacial score (nSPS) is 11.7. The molecule has 0 saturated carbocycles. The molecule has 1 aromatic rings. The molecule has 0 radical (unpaired) electrons. The van der Waals surface area contributed by atoms with Crippen molar-refractivity contribution in [2.24, 2.45) is 0 Å². The highest BCUT2D eigenvalue weighted by atomic mass is 16.5. The molecule has 0 aliphatic rings. The number of nitrogen functional groups attached to an aromatic ring is 1. The van der Waals surface area contributed by atoms with Crippen LogP contribution in [0.15, 0.2) is 18.2 Å². The first-order chi connectivity index (χ1) is 8.45. The van der Waals surface area contributed by atoms with Crippen molar-refractivity contribution in [3.8, 4) is 0 Å². The van der Waals surface area contributed by atoms with Crippen LogP contribution in [-0.2, 0) is 9.53 Å². The lowest BCUT2D eigenvalue weighted by molar-refractivity contribution is -0.144. The van der Waals surface area contributed by atoms with E-state index in [1.807, 2.05) is 6.92 Å². The molecule has 18 heavy (non-hydrogen) atoms. The van der Waals surface area contributed by atoms with E-state index in [0.29, 0.717) is 17.9 Å². The first-order valence-corrected chi connectivity index (χ1v) is 5.79. The van der Waals surface area contributed by atoms with E-state index in [2.05, 4.69) is 5.32 Å². The zero-order valence-electron chi connectivity index (χ0n) is 10.8. The largest absolute Gasteiger partial charge is 0.464 e. The van der Waals surface area contributed by atoms with Crippen molar-refractivity contribution in [2.45, 2.75) is 26.8 Å². The van der Waals surface area contributed by atoms with Gasteiger partial charge in [-0.25, -0.2) is 4.79 Å². The predicted octanol–water partition coefficient (Wildman–Crippen LogP) is 1.26. The van der Waals surface area contributed by atoms with Crippen molar-refractivity contribution in [1.82, 2.24) is 5.32 Å². The Morgan fingerprint density at radius 2 is 2.11 bits per heavy atom. The minimum atomic E-state index is -0.671. The van der Waals surface area contributed by atoms with Crippen molar-refractivity contribution in [3.63, 3.8) is 0 Å². The predicted molar refractivity (Wildman–Crippen MR) is 69.2 cm³/mol. The van der Waals surface area contributed by atoms with Gasteiger partial charge in [0.15, 0.2) is 0 Å². The molecule has 0 saturated heterocycles. The molecule has 5 heteroatoms. The maximum Gasteiger partial charge on any atom is 0.328 e. The number of esters is 1. The Balaban J connectivity index is 2.70. The Morgan fingerprint density at radius 1 is 1.44 bits per heavy atom. The molecular formula is C13H18N2O3. The van der Waals surface area contributed by atoms with E-state index in [4.69, 9.17) is 10.5 Å². The summed E-state index contributed by atoms with van der Waals surface area (Å²) >= 11 is 0. The number of benzene rings is 1. The fourth-order valence-corrected chi connectivity index (χ4v) is 1.42. The van der Waals surface area contributed by atoms with E-state index < -0.39 is 12.0 Å². The van der Waals surface area contributed by atoms with Gasteiger partial charge in [-0.05, 0) is 44.5 Å². The second kappa shape index (κ2) is 6.05. The van der Waals surface area contributed by atoms with E-state index in [9.17, 15) is 9.59 Å². The third kappa shape index (κ3) is 3.48. The third-order valence-corrected chi connectivity index (χ3v) is 2.52. The summed E-state index contributed by atoms with van der Waals surface area (Å²) in [4.78, 5) is 23.2. The zero-order chi connectivity index (χ0) is 13.7. The molecule has 0 spiro atoms. The summed E-state index contributed by atoms with van der Waals surface area (Å²) in [7, 11) is 0. The Kier molecular flexibility index (Phi) is 4.71. The Labute approximate surface area is 106 Å². The lowest BCUT2D eigenvalue weighted by Crippen LogP contribution is -2.39. The van der Waals surface area contributed by atoms with Crippen LogP contribution in [0, 0.1) is 6.92 Å². The molecule has 1 rings (SSSR count). The second-order valence-electron chi connectivity index (χ2n) is 4.02. The van der Waals surface area contributed by atoms with Crippen molar-refractivity contribution in [1.29, 1.82) is 0 Å². The van der Waals surface area contributed by atoms with Crippen molar-refractivity contribution >= 4 is 17.6 Å². The van der Waals surface area contributed by atoms with E-state index in [1.54, 1.807) is 32.0 Å². The molecule has 0 bridgehead atoms. The van der Waals surface area contributed by atoms with Gasteiger partial charge in [0.05, 0.1) is 6.61 Å². The van der Waals surface area contributed by atoms with Crippen LogP contribution in [0.25, 0.3) is 0 Å². The third-order valence-electron chi connectivity index (χ3n) is 2.52. The smallest absolute Gasteiger partial charge is 0.328 e. The van der Waals surface area contributed by atoms with Crippen LogP contribution in [0.4, 0.5) is 5.69 Å². The molecule has 0 aliphatic carbocycles. The van der Waals surface area contributed by atoms with Crippen LogP contribution in [-0.4, -0.2) is 24.5 Å². The second-order valence-corrected chi connectivity index (χ2v) is 4.02. The number of carbonyl (C=O) groups is 2. The fraction of sp³-hybridized carbons (Fsp3) is 0.385. The summed E-state index contributed by atoms with van der Waals surface area (Å²) in [6.07, 6.45) is 0. The van der Waals surface area contributed by atoms with E-state index in [-0.39, 0.29) is 5.91 Å². The van der Waals surface area contributed by atoms with Gasteiger partial charge in [0.25, 0.3) is 5.91 Å². The van der Waals surface area contributed by atoms with Gasteiger partial charge in [0, 0.05) is 11.3 Å². The molecule has 1 atom stereocenters. The van der Waals surface area contributed by atoms with Gasteiger partial charge in [-0.3, -0.25) is 4.79 Å². The van der Waals surface area contributed by atoms with Gasteiger partial charge >= 0.3 is 5.97 Å². The lowest BCUT2D eigenvalue weighted by atomic mass is 10.1. The van der Waals surface area contributed by atoms with Crippen LogP contribution in [0.5, 0.6) is 0 Å². The molecule has 0 aliphatic heterocycles. The number of nitrogens with two attached hydrogens (primary N) is 1. The summed E-state index contributed by atoms with van der Waals surface area (Å²) in [5.41, 5.74) is 7.60. The topological polar surface area (TPSA) is 81.4 Å². The zero-order valence-corrected chi connectivity index (χ0v) is 10.8. The Bertz CT molecular complexity index is 458. The number of amides is 1.